The number of hydrogen-bond donors (Lipinski definition) is 1. The quantitative estimate of drug-likeness (QED) is 0.433. The van der Waals surface area contributed by atoms with E-state index in [2.05, 4.69) is 20.1 Å². The Morgan fingerprint density at radius 2 is 2.06 bits per heavy atom. The number of imidazole rings is 1. The first-order valence-electron chi connectivity index (χ1n) is 10.2. The van der Waals surface area contributed by atoms with E-state index in [-0.39, 0.29) is 17.8 Å². The van der Waals surface area contributed by atoms with E-state index in [0.29, 0.717) is 29.4 Å². The summed E-state index contributed by atoms with van der Waals surface area (Å²) in [5, 5.41) is 4.22. The van der Waals surface area contributed by atoms with E-state index in [9.17, 15) is 14.4 Å². The Morgan fingerprint density at radius 3 is 2.78 bits per heavy atom. The van der Waals surface area contributed by atoms with E-state index in [1.807, 2.05) is 13.0 Å². The largest absolute Gasteiger partial charge is 0.454 e. The van der Waals surface area contributed by atoms with Gasteiger partial charge in [-0.25, -0.2) is 24.2 Å². The smallest absolute Gasteiger partial charge is 0.342 e. The number of nitrogens with one attached hydrogen (secondary N) is 1. The molecule has 166 valence electrons. The van der Waals surface area contributed by atoms with E-state index in [4.69, 9.17) is 4.74 Å². The van der Waals surface area contributed by atoms with Crippen molar-refractivity contribution in [1.29, 1.82) is 0 Å². The molecule has 0 bridgehead atoms. The van der Waals surface area contributed by atoms with Gasteiger partial charge in [0.15, 0.2) is 17.0 Å². The first-order valence-corrected chi connectivity index (χ1v) is 10.2. The number of esters is 1. The molecule has 11 heteroatoms. The summed E-state index contributed by atoms with van der Waals surface area (Å²) >= 11 is 0. The van der Waals surface area contributed by atoms with Crippen LogP contribution >= 0.6 is 0 Å². The second-order valence-corrected chi connectivity index (χ2v) is 7.34. The first-order chi connectivity index (χ1) is 15.4. The van der Waals surface area contributed by atoms with Gasteiger partial charge in [0, 0.05) is 19.8 Å². The van der Waals surface area contributed by atoms with Gasteiger partial charge in [0.1, 0.15) is 18.0 Å². The van der Waals surface area contributed by atoms with Crippen LogP contribution < -0.4 is 11.2 Å². The SMILES string of the molecule is CCCCn1c(=O)[nH]c(=O)c2c1nc(COC(=O)c1cnn(-c3ccccn3)c1C)n2C. The number of aromatic amines is 1. The van der Waals surface area contributed by atoms with Gasteiger partial charge in [-0.1, -0.05) is 19.4 Å². The summed E-state index contributed by atoms with van der Waals surface area (Å²) in [4.78, 5) is 48.3. The molecule has 0 saturated heterocycles. The van der Waals surface area contributed by atoms with Crippen molar-refractivity contribution in [3.63, 3.8) is 0 Å². The number of hydrogen-bond acceptors (Lipinski definition) is 7. The third-order valence-electron chi connectivity index (χ3n) is 5.27. The van der Waals surface area contributed by atoms with Crippen LogP contribution in [0.2, 0.25) is 0 Å². The minimum atomic E-state index is -0.575. The number of nitrogens with zero attached hydrogens (tertiary/aromatic N) is 6. The van der Waals surface area contributed by atoms with Gasteiger partial charge < -0.3 is 9.30 Å². The van der Waals surface area contributed by atoms with Gasteiger partial charge >= 0.3 is 11.7 Å². The van der Waals surface area contributed by atoms with Gasteiger partial charge in [0.05, 0.1) is 11.9 Å². The van der Waals surface area contributed by atoms with Crippen molar-refractivity contribution in [2.75, 3.05) is 0 Å². The molecule has 0 saturated carbocycles. The lowest BCUT2D eigenvalue weighted by molar-refractivity contribution is 0.0459. The highest BCUT2D eigenvalue weighted by Crippen LogP contribution is 2.15. The standard InChI is InChI=1S/C21H23N7O4/c1-4-5-10-27-18-17(19(29)25-21(27)31)26(3)16(24-18)12-32-20(30)14-11-23-28(13(14)2)15-8-6-7-9-22-15/h6-9,11H,4-5,10,12H2,1-3H3,(H,25,29,31). The predicted molar refractivity (Wildman–Crippen MR) is 116 cm³/mol. The molecule has 0 fully saturated rings. The maximum absolute atomic E-state index is 12.7. The van der Waals surface area contributed by atoms with Crippen LogP contribution in [0.1, 0.15) is 41.6 Å². The summed E-state index contributed by atoms with van der Waals surface area (Å²) in [5.41, 5.74) is 0.384. The second kappa shape index (κ2) is 8.61. The fourth-order valence-corrected chi connectivity index (χ4v) is 3.47. The van der Waals surface area contributed by atoms with Gasteiger partial charge in [0.2, 0.25) is 0 Å². The van der Waals surface area contributed by atoms with Gasteiger partial charge in [-0.05, 0) is 25.5 Å². The zero-order valence-corrected chi connectivity index (χ0v) is 18.0. The van der Waals surface area contributed by atoms with E-state index < -0.39 is 17.2 Å². The molecule has 0 aliphatic heterocycles. The van der Waals surface area contributed by atoms with Crippen LogP contribution in [0, 0.1) is 6.92 Å². The van der Waals surface area contributed by atoms with Crippen molar-refractivity contribution in [3.05, 3.63) is 68.5 Å². The number of fused-ring (bicyclic) bond motifs is 1. The number of pyridine rings is 1. The molecule has 11 nitrogen and oxygen atoms in total. The molecule has 0 unspecified atom stereocenters. The summed E-state index contributed by atoms with van der Waals surface area (Å²) in [6.07, 6.45) is 4.72. The third-order valence-corrected chi connectivity index (χ3v) is 5.27. The molecule has 4 aromatic heterocycles. The van der Waals surface area contributed by atoms with Crippen LogP contribution in [-0.2, 0) is 24.9 Å². The molecule has 1 N–H and O–H groups in total. The van der Waals surface area contributed by atoms with Gasteiger partial charge in [0.25, 0.3) is 5.56 Å². The summed E-state index contributed by atoms with van der Waals surface area (Å²) in [6.45, 7) is 4.03. The van der Waals surface area contributed by atoms with Crippen LogP contribution in [0.4, 0.5) is 0 Å². The summed E-state index contributed by atoms with van der Waals surface area (Å²) in [6, 6.07) is 5.40. The maximum Gasteiger partial charge on any atom is 0.342 e. The highest BCUT2D eigenvalue weighted by Gasteiger charge is 2.20. The fourth-order valence-electron chi connectivity index (χ4n) is 3.47. The van der Waals surface area contributed by atoms with E-state index in [1.165, 1.54) is 15.3 Å². The molecule has 0 amide bonds. The topological polar surface area (TPSA) is 130 Å². The Balaban J connectivity index is 1.60. The molecule has 4 aromatic rings. The number of aryl methyl sites for hydroxylation is 2. The first kappa shape index (κ1) is 21.2. The fraction of sp³-hybridized carbons (Fsp3) is 0.333. The third kappa shape index (κ3) is 3.72. The molecular weight excluding hydrogens is 414 g/mol. The maximum atomic E-state index is 12.7. The number of unbranched alkanes of at least 4 members (excludes halogenated alkanes) is 1. The summed E-state index contributed by atoms with van der Waals surface area (Å²) < 4.78 is 9.98. The molecule has 0 atom stereocenters. The normalized spacial score (nSPS) is 11.2. The number of H-pyrrole nitrogens is 1. The summed E-state index contributed by atoms with van der Waals surface area (Å²) in [5.74, 6) is 0.363. The number of ether oxygens (including phenoxy) is 1. The number of carbonyl (C=O) groups is 1. The predicted octanol–water partition coefficient (Wildman–Crippen LogP) is 1.47. The molecule has 0 spiro atoms. The molecule has 4 rings (SSSR count). The molecule has 0 radical (unpaired) electrons. The zero-order chi connectivity index (χ0) is 22.8. The van der Waals surface area contributed by atoms with E-state index in [0.717, 1.165) is 12.8 Å². The Labute approximate surface area is 182 Å². The highest BCUT2D eigenvalue weighted by molar-refractivity contribution is 5.90. The lowest BCUT2D eigenvalue weighted by Gasteiger charge is -2.06. The van der Waals surface area contributed by atoms with Crippen molar-refractivity contribution in [1.82, 2.24) is 33.9 Å². The molecule has 0 aliphatic rings. The van der Waals surface area contributed by atoms with Crippen LogP contribution in [0.5, 0.6) is 0 Å². The molecule has 0 aliphatic carbocycles. The second-order valence-electron chi connectivity index (χ2n) is 7.34. The Hall–Kier alpha value is -4.02. The number of carbonyl (C=O) groups excluding carboxylic acids is 1. The van der Waals surface area contributed by atoms with Crippen LogP contribution in [0.25, 0.3) is 17.0 Å². The Kier molecular flexibility index (Phi) is 5.71. The van der Waals surface area contributed by atoms with E-state index in [1.54, 1.807) is 37.0 Å². The molecule has 0 aromatic carbocycles. The highest BCUT2D eigenvalue weighted by atomic mass is 16.5. The minimum absolute atomic E-state index is 0.167. The molecule has 4 heterocycles. The lowest BCUT2D eigenvalue weighted by atomic mass is 10.2. The zero-order valence-electron chi connectivity index (χ0n) is 18.0. The van der Waals surface area contributed by atoms with Crippen molar-refractivity contribution >= 4 is 17.1 Å². The van der Waals surface area contributed by atoms with Crippen molar-refractivity contribution < 1.29 is 9.53 Å². The Bertz CT molecular complexity index is 1400. The van der Waals surface area contributed by atoms with Gasteiger partial charge in [-0.2, -0.15) is 5.10 Å². The van der Waals surface area contributed by atoms with Crippen LogP contribution in [0.15, 0.2) is 40.2 Å². The van der Waals surface area contributed by atoms with Gasteiger partial charge in [-0.3, -0.25) is 14.3 Å². The monoisotopic (exact) mass is 437 g/mol. The minimum Gasteiger partial charge on any atom is -0.454 e. The average molecular weight is 437 g/mol. The Morgan fingerprint density at radius 1 is 1.25 bits per heavy atom. The summed E-state index contributed by atoms with van der Waals surface area (Å²) in [7, 11) is 1.65. The lowest BCUT2D eigenvalue weighted by Crippen LogP contribution is -2.31. The average Bonchev–Trinajstić information content (AvgIpc) is 3.32. The van der Waals surface area contributed by atoms with Crippen molar-refractivity contribution in [2.45, 2.75) is 39.8 Å². The van der Waals surface area contributed by atoms with Gasteiger partial charge in [-0.15, -0.1) is 0 Å². The van der Waals surface area contributed by atoms with Crippen LogP contribution in [-0.4, -0.2) is 39.8 Å². The number of rotatable bonds is 7. The van der Waals surface area contributed by atoms with Crippen LogP contribution in [0.3, 0.4) is 0 Å². The molecule has 32 heavy (non-hydrogen) atoms. The van der Waals surface area contributed by atoms with Crippen molar-refractivity contribution in [2.24, 2.45) is 7.05 Å². The number of aromatic nitrogens is 7. The van der Waals surface area contributed by atoms with Crippen molar-refractivity contribution in [3.8, 4) is 5.82 Å². The van der Waals surface area contributed by atoms with E-state index >= 15 is 0 Å². The molecular formula is C21H23N7O4.